The Kier molecular flexibility index (Phi) is 5.57. The van der Waals surface area contributed by atoms with Crippen molar-refractivity contribution in [1.82, 2.24) is 14.8 Å². The van der Waals surface area contributed by atoms with E-state index in [9.17, 15) is 0 Å². The third kappa shape index (κ3) is 4.27. The molecule has 1 aromatic heterocycles. The lowest BCUT2D eigenvalue weighted by Crippen LogP contribution is -2.46. The molecule has 0 N–H and O–H groups in total. The number of hydrogen-bond donors (Lipinski definition) is 0. The number of nitrogens with zero attached hydrogens (tertiary/aromatic N) is 3. The number of aromatic nitrogens is 1. The lowest BCUT2D eigenvalue weighted by molar-refractivity contribution is 0.0299. The highest BCUT2D eigenvalue weighted by atomic mass is 32.1. The molecule has 0 atom stereocenters. The third-order valence-corrected chi connectivity index (χ3v) is 7.01. The van der Waals surface area contributed by atoms with Crippen LogP contribution in [-0.2, 0) is 13.1 Å². The van der Waals surface area contributed by atoms with Crippen LogP contribution in [0.25, 0.3) is 0 Å². The summed E-state index contributed by atoms with van der Waals surface area (Å²) < 4.78 is 5.25. The van der Waals surface area contributed by atoms with Crippen LogP contribution in [-0.4, -0.2) is 48.1 Å². The van der Waals surface area contributed by atoms with Crippen LogP contribution < -0.4 is 4.74 Å². The molecule has 0 aliphatic carbocycles. The van der Waals surface area contributed by atoms with Gasteiger partial charge in [0.15, 0.2) is 0 Å². The van der Waals surface area contributed by atoms with Gasteiger partial charge in [-0.3, -0.25) is 9.80 Å². The normalized spacial score (nSPS) is 21.1. The van der Waals surface area contributed by atoms with Gasteiger partial charge in [0.25, 0.3) is 0 Å². The largest absolute Gasteiger partial charge is 0.497 e. The number of thiazole rings is 1. The summed E-state index contributed by atoms with van der Waals surface area (Å²) in [4.78, 5) is 9.65. The van der Waals surface area contributed by atoms with E-state index in [1.807, 2.05) is 6.20 Å². The summed E-state index contributed by atoms with van der Waals surface area (Å²) in [5.74, 6) is 0.941. The highest BCUT2D eigenvalue weighted by molar-refractivity contribution is 7.09. The first kappa shape index (κ1) is 18.0. The lowest BCUT2D eigenvalue weighted by Gasteiger charge is -2.47. The van der Waals surface area contributed by atoms with Gasteiger partial charge in [-0.2, -0.15) is 0 Å². The molecule has 4 nitrogen and oxygen atoms in total. The van der Waals surface area contributed by atoms with Crippen LogP contribution in [0.1, 0.15) is 36.3 Å². The number of benzene rings is 1. The van der Waals surface area contributed by atoms with Gasteiger partial charge in [-0.05, 0) is 75.0 Å². The van der Waals surface area contributed by atoms with Crippen molar-refractivity contribution in [2.45, 2.75) is 38.8 Å². The van der Waals surface area contributed by atoms with Gasteiger partial charge in [0, 0.05) is 18.1 Å². The number of rotatable bonds is 5. The highest BCUT2D eigenvalue weighted by Crippen LogP contribution is 2.41. The van der Waals surface area contributed by atoms with Crippen molar-refractivity contribution < 1.29 is 4.74 Å². The Labute approximate surface area is 160 Å². The van der Waals surface area contributed by atoms with Crippen molar-refractivity contribution in [3.8, 4) is 5.75 Å². The number of hydrogen-bond acceptors (Lipinski definition) is 5. The maximum absolute atomic E-state index is 5.25. The summed E-state index contributed by atoms with van der Waals surface area (Å²) in [6.07, 6.45) is 7.34. The molecule has 2 aliphatic rings. The minimum absolute atomic E-state index is 0.593. The molecule has 0 radical (unpaired) electrons. The van der Waals surface area contributed by atoms with Gasteiger partial charge in [-0.15, -0.1) is 11.3 Å². The molecule has 4 rings (SSSR count). The molecule has 1 spiro atoms. The molecular formula is C21H29N3OS. The van der Waals surface area contributed by atoms with Crippen LogP contribution in [0, 0.1) is 5.41 Å². The molecule has 2 fully saturated rings. The first-order valence-corrected chi connectivity index (χ1v) is 10.6. The molecule has 1 aromatic carbocycles. The van der Waals surface area contributed by atoms with E-state index < -0.39 is 0 Å². The predicted octanol–water partition coefficient (Wildman–Crippen LogP) is 4.03. The van der Waals surface area contributed by atoms with E-state index in [1.54, 1.807) is 18.4 Å². The minimum Gasteiger partial charge on any atom is -0.497 e. The van der Waals surface area contributed by atoms with Crippen molar-refractivity contribution in [3.05, 3.63) is 46.4 Å². The number of ether oxygens (including phenoxy) is 1. The van der Waals surface area contributed by atoms with Crippen molar-refractivity contribution in [2.75, 3.05) is 33.3 Å². The van der Waals surface area contributed by atoms with Gasteiger partial charge in [-0.1, -0.05) is 12.1 Å². The molecule has 5 heteroatoms. The fourth-order valence-corrected chi connectivity index (χ4v) is 5.04. The van der Waals surface area contributed by atoms with Crippen LogP contribution >= 0.6 is 11.3 Å². The smallest absolute Gasteiger partial charge is 0.118 e. The molecule has 3 heterocycles. The second-order valence-corrected chi connectivity index (χ2v) is 8.81. The zero-order chi connectivity index (χ0) is 17.8. The summed E-state index contributed by atoms with van der Waals surface area (Å²) >= 11 is 1.78. The van der Waals surface area contributed by atoms with E-state index in [4.69, 9.17) is 4.74 Å². The number of piperidine rings is 2. The molecule has 26 heavy (non-hydrogen) atoms. The average Bonchev–Trinajstić information content (AvgIpc) is 3.20. The van der Waals surface area contributed by atoms with E-state index in [-0.39, 0.29) is 0 Å². The molecule has 2 aromatic rings. The van der Waals surface area contributed by atoms with Crippen LogP contribution in [0.2, 0.25) is 0 Å². The molecule has 2 aliphatic heterocycles. The molecule has 140 valence electrons. The van der Waals surface area contributed by atoms with Gasteiger partial charge < -0.3 is 4.74 Å². The summed E-state index contributed by atoms with van der Waals surface area (Å²) in [6.45, 7) is 7.04. The zero-order valence-electron chi connectivity index (χ0n) is 15.7. The molecule has 2 saturated heterocycles. The fourth-order valence-electron chi connectivity index (χ4n) is 4.38. The van der Waals surface area contributed by atoms with Crippen molar-refractivity contribution in [1.29, 1.82) is 0 Å². The van der Waals surface area contributed by atoms with E-state index >= 15 is 0 Å². The molecule has 0 saturated carbocycles. The number of likely N-dealkylation sites (tertiary alicyclic amines) is 2. The second-order valence-electron chi connectivity index (χ2n) is 7.83. The molecule has 0 amide bonds. The predicted molar refractivity (Wildman–Crippen MR) is 107 cm³/mol. The van der Waals surface area contributed by atoms with Crippen LogP contribution in [0.4, 0.5) is 0 Å². The Morgan fingerprint density at radius 2 is 1.58 bits per heavy atom. The Hall–Kier alpha value is -1.43. The quantitative estimate of drug-likeness (QED) is 0.793. The van der Waals surface area contributed by atoms with Gasteiger partial charge in [0.1, 0.15) is 10.8 Å². The average molecular weight is 372 g/mol. The summed E-state index contributed by atoms with van der Waals surface area (Å²) in [5.41, 5.74) is 1.98. The number of methoxy groups -OCH3 is 1. The first-order chi connectivity index (χ1) is 12.7. The van der Waals surface area contributed by atoms with E-state index in [1.165, 1.54) is 62.4 Å². The maximum Gasteiger partial charge on any atom is 0.118 e. The van der Waals surface area contributed by atoms with Crippen molar-refractivity contribution in [2.24, 2.45) is 5.41 Å². The maximum atomic E-state index is 5.25. The Balaban J connectivity index is 1.24. The summed E-state index contributed by atoms with van der Waals surface area (Å²) in [6, 6.07) is 8.53. The van der Waals surface area contributed by atoms with Gasteiger partial charge in [-0.25, -0.2) is 4.98 Å². The zero-order valence-corrected chi connectivity index (χ0v) is 16.5. The van der Waals surface area contributed by atoms with Crippen LogP contribution in [0.5, 0.6) is 5.75 Å². The lowest BCUT2D eigenvalue weighted by atomic mass is 9.71. The SMILES string of the molecule is COc1ccc(CN2CCC3(CC2)CCN(Cc2nccs2)CC3)cc1. The minimum atomic E-state index is 0.593. The second kappa shape index (κ2) is 8.07. The van der Waals surface area contributed by atoms with E-state index in [0.717, 1.165) is 18.8 Å². The topological polar surface area (TPSA) is 28.6 Å². The molecular weight excluding hydrogens is 342 g/mol. The Morgan fingerprint density at radius 1 is 0.962 bits per heavy atom. The standard InChI is InChI=1S/C21H29N3OS/c1-25-19-4-2-18(3-5-19)16-23-11-6-21(7-12-23)8-13-24(14-9-21)17-20-22-10-15-26-20/h2-5,10,15H,6-9,11-14,16-17H2,1H3. The van der Waals surface area contributed by atoms with Crippen molar-refractivity contribution >= 4 is 11.3 Å². The molecule has 0 bridgehead atoms. The Morgan fingerprint density at radius 3 is 2.12 bits per heavy atom. The van der Waals surface area contributed by atoms with Crippen LogP contribution in [0.3, 0.4) is 0 Å². The highest BCUT2D eigenvalue weighted by Gasteiger charge is 2.37. The Bertz CT molecular complexity index is 668. The van der Waals surface area contributed by atoms with Gasteiger partial charge in [0.2, 0.25) is 0 Å². The summed E-state index contributed by atoms with van der Waals surface area (Å²) in [5, 5.41) is 3.34. The van der Waals surface area contributed by atoms with Crippen molar-refractivity contribution in [3.63, 3.8) is 0 Å². The first-order valence-electron chi connectivity index (χ1n) is 9.71. The van der Waals surface area contributed by atoms with Gasteiger partial charge in [0.05, 0.1) is 13.7 Å². The van der Waals surface area contributed by atoms with Gasteiger partial charge >= 0.3 is 0 Å². The third-order valence-electron chi connectivity index (χ3n) is 6.24. The van der Waals surface area contributed by atoms with E-state index in [0.29, 0.717) is 5.41 Å². The molecule has 0 unspecified atom stereocenters. The fraction of sp³-hybridized carbons (Fsp3) is 0.571. The summed E-state index contributed by atoms with van der Waals surface area (Å²) in [7, 11) is 1.72. The van der Waals surface area contributed by atoms with Crippen LogP contribution in [0.15, 0.2) is 35.8 Å². The van der Waals surface area contributed by atoms with E-state index in [2.05, 4.69) is 44.4 Å². The monoisotopic (exact) mass is 371 g/mol.